The van der Waals surface area contributed by atoms with E-state index in [9.17, 15) is 18.5 Å². The number of rotatable bonds is 9. The number of nitro groups is 1. The van der Waals surface area contributed by atoms with Gasteiger partial charge in [-0.3, -0.25) is 14.8 Å². The van der Waals surface area contributed by atoms with Crippen molar-refractivity contribution >= 4 is 61.8 Å². The highest BCUT2D eigenvalue weighted by molar-refractivity contribution is 7.92. The third kappa shape index (κ3) is 6.47. The van der Waals surface area contributed by atoms with Crippen LogP contribution in [-0.4, -0.2) is 63.0 Å². The number of aromatic nitrogens is 2. The minimum absolute atomic E-state index is 0.0761. The Morgan fingerprint density at radius 2 is 1.84 bits per heavy atom. The van der Waals surface area contributed by atoms with Gasteiger partial charge in [0, 0.05) is 25.2 Å². The summed E-state index contributed by atoms with van der Waals surface area (Å²) in [5, 5.41) is 18.0. The Morgan fingerprint density at radius 3 is 2.49 bits per heavy atom. The molecule has 0 saturated carbocycles. The molecule has 1 aromatic heterocycles. The number of benzene rings is 2. The molecule has 37 heavy (non-hydrogen) atoms. The number of sulfonamides is 1. The Balaban J connectivity index is 1.65. The van der Waals surface area contributed by atoms with Gasteiger partial charge in [0.1, 0.15) is 16.5 Å². The summed E-state index contributed by atoms with van der Waals surface area (Å²) >= 11 is 6.28. The Hall–Kier alpha value is -3.88. The van der Waals surface area contributed by atoms with Crippen LogP contribution in [0.3, 0.4) is 0 Å². The monoisotopic (exact) mass is 549 g/mol. The van der Waals surface area contributed by atoms with Gasteiger partial charge in [-0.15, -0.1) is 0 Å². The number of para-hydroxylation sites is 2. The quantitative estimate of drug-likeness (QED) is 0.263. The Bertz CT molecular complexity index is 1420. The zero-order valence-corrected chi connectivity index (χ0v) is 21.5. The topological polar surface area (TPSA) is 161 Å². The molecule has 1 aliphatic rings. The van der Waals surface area contributed by atoms with Crippen LogP contribution in [0.2, 0.25) is 5.02 Å². The maximum Gasteiger partial charge on any atom is 0.294 e. The van der Waals surface area contributed by atoms with E-state index in [1.54, 1.807) is 30.3 Å². The average Bonchev–Trinajstić information content (AvgIpc) is 2.86. The predicted octanol–water partition coefficient (Wildman–Crippen LogP) is 3.74. The van der Waals surface area contributed by atoms with Gasteiger partial charge in [-0.25, -0.2) is 13.4 Å². The van der Waals surface area contributed by atoms with E-state index < -0.39 is 14.9 Å². The van der Waals surface area contributed by atoms with Gasteiger partial charge >= 0.3 is 0 Å². The number of nitro benzene ring substituents is 1. The summed E-state index contributed by atoms with van der Waals surface area (Å²) in [5.41, 5.74) is 1.29. The van der Waals surface area contributed by atoms with E-state index in [-0.39, 0.29) is 28.2 Å². The number of methoxy groups -OCH3 is 1. The van der Waals surface area contributed by atoms with Crippen molar-refractivity contribution in [3.63, 3.8) is 0 Å². The smallest absolute Gasteiger partial charge is 0.294 e. The molecular formula is C22H24ClN7O6S. The molecule has 3 aromatic rings. The first kappa shape index (κ1) is 26.2. The average molecular weight is 550 g/mol. The van der Waals surface area contributed by atoms with Crippen LogP contribution in [-0.2, 0) is 14.8 Å². The fraction of sp³-hybridized carbons (Fsp3) is 0.273. The molecule has 0 radical (unpaired) electrons. The molecule has 3 N–H and O–H groups in total. The van der Waals surface area contributed by atoms with Crippen molar-refractivity contribution in [2.75, 3.05) is 59.9 Å². The lowest BCUT2D eigenvalue weighted by atomic mass is 10.2. The number of nitrogens with one attached hydrogen (secondary N) is 3. The summed E-state index contributed by atoms with van der Waals surface area (Å²) in [6.45, 7) is 1.97. The van der Waals surface area contributed by atoms with Crippen LogP contribution in [0, 0.1) is 10.1 Å². The standard InChI is InChI=1S/C22H24ClN7O6S/c1-35-20-12-18(29-7-9-36-10-8-29)19(30(31)32)11-17(20)26-22-24-13-14(23)21(27-22)25-15-5-3-4-6-16(15)28-37(2,33)34/h3-6,11-13,28H,7-10H2,1-2H3,(H2,24,25,26,27). The van der Waals surface area contributed by atoms with Crippen LogP contribution < -0.4 is 25.0 Å². The van der Waals surface area contributed by atoms with Gasteiger partial charge in [0.2, 0.25) is 16.0 Å². The van der Waals surface area contributed by atoms with E-state index in [0.29, 0.717) is 49.1 Å². The van der Waals surface area contributed by atoms with Gasteiger partial charge < -0.3 is 25.0 Å². The fourth-order valence-electron chi connectivity index (χ4n) is 3.67. The molecule has 1 aliphatic heterocycles. The van der Waals surface area contributed by atoms with E-state index in [1.165, 1.54) is 19.4 Å². The van der Waals surface area contributed by atoms with Crippen molar-refractivity contribution in [3.8, 4) is 5.75 Å². The molecule has 2 heterocycles. The summed E-state index contributed by atoms with van der Waals surface area (Å²) in [7, 11) is -2.07. The Labute approximate surface area is 218 Å². The molecule has 0 amide bonds. The number of halogens is 1. The highest BCUT2D eigenvalue weighted by atomic mass is 35.5. The number of ether oxygens (including phenoxy) is 2. The van der Waals surface area contributed by atoms with Gasteiger partial charge in [0.15, 0.2) is 5.82 Å². The molecule has 2 aromatic carbocycles. The third-order valence-electron chi connectivity index (χ3n) is 5.31. The van der Waals surface area contributed by atoms with Crippen molar-refractivity contribution < 1.29 is 22.8 Å². The molecule has 0 aliphatic carbocycles. The molecule has 0 unspecified atom stereocenters. The molecule has 4 rings (SSSR count). The zero-order valence-electron chi connectivity index (χ0n) is 19.9. The van der Waals surface area contributed by atoms with Crippen molar-refractivity contribution in [3.05, 3.63) is 57.7 Å². The Kier molecular flexibility index (Phi) is 7.80. The minimum atomic E-state index is -3.53. The van der Waals surface area contributed by atoms with Crippen LogP contribution in [0.5, 0.6) is 5.75 Å². The maximum atomic E-state index is 11.9. The first-order valence-electron chi connectivity index (χ1n) is 11.0. The second kappa shape index (κ2) is 11.0. The van der Waals surface area contributed by atoms with Crippen molar-refractivity contribution in [2.24, 2.45) is 0 Å². The minimum Gasteiger partial charge on any atom is -0.494 e. The first-order valence-corrected chi connectivity index (χ1v) is 13.2. The van der Waals surface area contributed by atoms with Crippen LogP contribution >= 0.6 is 11.6 Å². The second-order valence-corrected chi connectivity index (χ2v) is 10.1. The normalized spacial score (nSPS) is 13.6. The van der Waals surface area contributed by atoms with E-state index in [0.717, 1.165) is 6.26 Å². The Morgan fingerprint density at radius 1 is 1.14 bits per heavy atom. The molecule has 0 spiro atoms. The summed E-state index contributed by atoms with van der Waals surface area (Å²) in [4.78, 5) is 21.8. The van der Waals surface area contributed by atoms with E-state index in [4.69, 9.17) is 21.1 Å². The van der Waals surface area contributed by atoms with Crippen LogP contribution in [0.25, 0.3) is 0 Å². The van der Waals surface area contributed by atoms with Gasteiger partial charge in [0.25, 0.3) is 5.69 Å². The largest absolute Gasteiger partial charge is 0.494 e. The summed E-state index contributed by atoms with van der Waals surface area (Å²) < 4.78 is 36.7. The number of anilines is 6. The maximum absolute atomic E-state index is 11.9. The first-order chi connectivity index (χ1) is 17.6. The van der Waals surface area contributed by atoms with Gasteiger partial charge in [-0.1, -0.05) is 23.7 Å². The van der Waals surface area contributed by atoms with Gasteiger partial charge in [-0.2, -0.15) is 4.98 Å². The molecule has 1 saturated heterocycles. The lowest BCUT2D eigenvalue weighted by Crippen LogP contribution is -2.36. The van der Waals surface area contributed by atoms with Gasteiger partial charge in [0.05, 0.1) is 54.8 Å². The molecule has 1 fully saturated rings. The third-order valence-corrected chi connectivity index (χ3v) is 6.18. The predicted molar refractivity (Wildman–Crippen MR) is 141 cm³/mol. The van der Waals surface area contributed by atoms with Crippen molar-refractivity contribution in [1.29, 1.82) is 0 Å². The van der Waals surface area contributed by atoms with Crippen LogP contribution in [0.15, 0.2) is 42.6 Å². The summed E-state index contributed by atoms with van der Waals surface area (Å²) in [5.74, 6) is 0.607. The fourth-order valence-corrected chi connectivity index (χ4v) is 4.39. The van der Waals surface area contributed by atoms with Crippen LogP contribution in [0.1, 0.15) is 0 Å². The number of hydrogen-bond donors (Lipinski definition) is 3. The SMILES string of the molecule is COc1cc(N2CCOCC2)c([N+](=O)[O-])cc1Nc1ncc(Cl)c(Nc2ccccc2NS(C)(=O)=O)n1. The number of nitrogens with zero attached hydrogens (tertiary/aromatic N) is 4. The lowest BCUT2D eigenvalue weighted by Gasteiger charge is -2.29. The van der Waals surface area contributed by atoms with E-state index in [1.807, 2.05) is 4.90 Å². The summed E-state index contributed by atoms with van der Waals surface area (Å²) in [6.07, 6.45) is 2.38. The van der Waals surface area contributed by atoms with Crippen molar-refractivity contribution in [1.82, 2.24) is 9.97 Å². The molecule has 196 valence electrons. The van der Waals surface area contributed by atoms with E-state index >= 15 is 0 Å². The highest BCUT2D eigenvalue weighted by Gasteiger charge is 2.25. The molecular weight excluding hydrogens is 526 g/mol. The lowest BCUT2D eigenvalue weighted by molar-refractivity contribution is -0.384. The molecule has 15 heteroatoms. The van der Waals surface area contributed by atoms with Crippen molar-refractivity contribution in [2.45, 2.75) is 0 Å². The number of morpholine rings is 1. The molecule has 0 bridgehead atoms. The van der Waals surface area contributed by atoms with Gasteiger partial charge in [-0.05, 0) is 12.1 Å². The summed E-state index contributed by atoms with van der Waals surface area (Å²) in [6, 6.07) is 9.57. The highest BCUT2D eigenvalue weighted by Crippen LogP contribution is 2.40. The number of hydrogen-bond acceptors (Lipinski definition) is 11. The zero-order chi connectivity index (χ0) is 26.6. The van der Waals surface area contributed by atoms with Crippen LogP contribution in [0.4, 0.5) is 40.2 Å². The van der Waals surface area contributed by atoms with E-state index in [2.05, 4.69) is 25.3 Å². The molecule has 13 nitrogen and oxygen atoms in total. The second-order valence-electron chi connectivity index (χ2n) is 7.96. The molecule has 0 atom stereocenters.